The molecule has 3 aromatic rings. The van der Waals surface area contributed by atoms with Gasteiger partial charge in [0.15, 0.2) is 11.8 Å². The van der Waals surface area contributed by atoms with Crippen molar-refractivity contribution in [1.82, 2.24) is 19.7 Å². The Hall–Kier alpha value is -2.89. The summed E-state index contributed by atoms with van der Waals surface area (Å²) in [4.78, 5) is 19.1. The number of hydrogen-bond donors (Lipinski definition) is 0. The van der Waals surface area contributed by atoms with Crippen LogP contribution in [0.4, 0.5) is 0 Å². The predicted molar refractivity (Wildman–Crippen MR) is 105 cm³/mol. The van der Waals surface area contributed by atoms with Crippen molar-refractivity contribution < 1.29 is 9.53 Å². The van der Waals surface area contributed by atoms with E-state index in [4.69, 9.17) is 4.74 Å². The molecule has 1 atom stereocenters. The summed E-state index contributed by atoms with van der Waals surface area (Å²) < 4.78 is 7.74. The van der Waals surface area contributed by atoms with Gasteiger partial charge in [0.25, 0.3) is 5.91 Å². The Balaban J connectivity index is 1.73. The normalized spacial score (nSPS) is 15.3. The molecular weight excluding hydrogens is 340 g/mol. The number of nitrogens with zero attached hydrogens (tertiary/aromatic N) is 4. The first-order valence-electron chi connectivity index (χ1n) is 9.40. The van der Waals surface area contributed by atoms with Gasteiger partial charge >= 0.3 is 0 Å². The number of likely N-dealkylation sites (tertiary alicyclic amines) is 1. The molecule has 0 aliphatic carbocycles. The van der Waals surface area contributed by atoms with Crippen LogP contribution in [0.25, 0.3) is 22.2 Å². The predicted octanol–water partition coefficient (Wildman–Crippen LogP) is 3.33. The molecule has 4 rings (SSSR count). The van der Waals surface area contributed by atoms with Gasteiger partial charge in [-0.15, -0.1) is 0 Å². The molecule has 0 bridgehead atoms. The lowest BCUT2D eigenvalue weighted by Crippen LogP contribution is -2.38. The highest BCUT2D eigenvalue weighted by Crippen LogP contribution is 2.33. The first-order valence-corrected chi connectivity index (χ1v) is 9.40. The molecule has 0 saturated carbocycles. The van der Waals surface area contributed by atoms with E-state index in [0.29, 0.717) is 5.88 Å². The van der Waals surface area contributed by atoms with Crippen LogP contribution in [0.3, 0.4) is 0 Å². The van der Waals surface area contributed by atoms with E-state index in [1.54, 1.807) is 11.6 Å². The highest BCUT2D eigenvalue weighted by Gasteiger charge is 2.25. The molecule has 1 aliphatic heterocycles. The van der Waals surface area contributed by atoms with Gasteiger partial charge in [0.1, 0.15) is 0 Å². The highest BCUT2D eigenvalue weighted by molar-refractivity contribution is 5.95. The lowest BCUT2D eigenvalue weighted by molar-refractivity contribution is -0.136. The third-order valence-corrected chi connectivity index (χ3v) is 5.09. The average Bonchev–Trinajstić information content (AvgIpc) is 3.30. The Labute approximate surface area is 158 Å². The van der Waals surface area contributed by atoms with Crippen molar-refractivity contribution in [3.05, 3.63) is 42.1 Å². The van der Waals surface area contributed by atoms with Crippen LogP contribution < -0.4 is 4.74 Å². The van der Waals surface area contributed by atoms with Crippen LogP contribution in [0, 0.1) is 6.92 Å². The summed E-state index contributed by atoms with van der Waals surface area (Å²) in [6.07, 6.45) is 1.57. The van der Waals surface area contributed by atoms with Crippen LogP contribution in [0.5, 0.6) is 5.88 Å². The largest absolute Gasteiger partial charge is 0.464 e. The second-order valence-corrected chi connectivity index (χ2v) is 7.07. The second-order valence-electron chi connectivity index (χ2n) is 7.07. The SMILES string of the molecule is Cc1nn(C)c2nc(OC(C)C(=O)N3CCCC3)cc(-c3ccccc3)c12. The van der Waals surface area contributed by atoms with Crippen LogP contribution in [-0.4, -0.2) is 44.8 Å². The maximum atomic E-state index is 12.6. The lowest BCUT2D eigenvalue weighted by Gasteiger charge is -2.21. The van der Waals surface area contributed by atoms with Gasteiger partial charge in [0.2, 0.25) is 5.88 Å². The Morgan fingerprint density at radius 3 is 2.59 bits per heavy atom. The van der Waals surface area contributed by atoms with Gasteiger partial charge in [0, 0.05) is 26.2 Å². The maximum absolute atomic E-state index is 12.6. The minimum atomic E-state index is -0.564. The van der Waals surface area contributed by atoms with E-state index in [-0.39, 0.29) is 5.91 Å². The first kappa shape index (κ1) is 17.5. The van der Waals surface area contributed by atoms with Crippen molar-refractivity contribution in [3.63, 3.8) is 0 Å². The molecule has 6 nitrogen and oxygen atoms in total. The van der Waals surface area contributed by atoms with E-state index in [9.17, 15) is 4.79 Å². The van der Waals surface area contributed by atoms with Crippen LogP contribution >= 0.6 is 0 Å². The van der Waals surface area contributed by atoms with Crippen LogP contribution in [0.1, 0.15) is 25.5 Å². The number of carbonyl (C=O) groups excluding carboxylic acids is 1. The molecule has 27 heavy (non-hydrogen) atoms. The van der Waals surface area contributed by atoms with Crippen molar-refractivity contribution in [3.8, 4) is 17.0 Å². The van der Waals surface area contributed by atoms with Gasteiger partial charge in [-0.2, -0.15) is 10.1 Å². The van der Waals surface area contributed by atoms with E-state index >= 15 is 0 Å². The maximum Gasteiger partial charge on any atom is 0.263 e. The molecule has 1 aliphatic rings. The molecule has 0 spiro atoms. The van der Waals surface area contributed by atoms with Crippen molar-refractivity contribution in [2.24, 2.45) is 7.05 Å². The molecule has 2 aromatic heterocycles. The van der Waals surface area contributed by atoms with E-state index in [2.05, 4.69) is 22.2 Å². The minimum absolute atomic E-state index is 0.0249. The summed E-state index contributed by atoms with van der Waals surface area (Å²) in [5.41, 5.74) is 3.77. The molecule has 1 aromatic carbocycles. The summed E-state index contributed by atoms with van der Waals surface area (Å²) in [7, 11) is 1.87. The van der Waals surface area contributed by atoms with E-state index in [1.165, 1.54) is 0 Å². The monoisotopic (exact) mass is 364 g/mol. The number of carbonyl (C=O) groups is 1. The number of ether oxygens (including phenoxy) is 1. The zero-order valence-corrected chi connectivity index (χ0v) is 16.0. The number of hydrogen-bond acceptors (Lipinski definition) is 4. The summed E-state index contributed by atoms with van der Waals surface area (Å²) >= 11 is 0. The van der Waals surface area contributed by atoms with Crippen molar-refractivity contribution in [2.45, 2.75) is 32.8 Å². The molecule has 3 heterocycles. The molecule has 0 radical (unpaired) electrons. The number of aryl methyl sites for hydroxylation is 2. The van der Waals surface area contributed by atoms with Gasteiger partial charge in [-0.05, 0) is 37.8 Å². The van der Waals surface area contributed by atoms with Crippen molar-refractivity contribution in [1.29, 1.82) is 0 Å². The third-order valence-electron chi connectivity index (χ3n) is 5.09. The van der Waals surface area contributed by atoms with Crippen LogP contribution in [-0.2, 0) is 11.8 Å². The Morgan fingerprint density at radius 2 is 1.89 bits per heavy atom. The summed E-state index contributed by atoms with van der Waals surface area (Å²) in [6, 6.07) is 12.0. The molecule has 0 N–H and O–H groups in total. The molecular formula is C21H24N4O2. The summed E-state index contributed by atoms with van der Waals surface area (Å²) in [5, 5.41) is 5.53. The molecule has 1 saturated heterocycles. The second kappa shape index (κ2) is 7.02. The fourth-order valence-electron chi connectivity index (χ4n) is 3.75. The molecule has 140 valence electrons. The fourth-order valence-corrected chi connectivity index (χ4v) is 3.75. The Morgan fingerprint density at radius 1 is 1.19 bits per heavy atom. The molecule has 1 amide bonds. The number of benzene rings is 1. The lowest BCUT2D eigenvalue weighted by atomic mass is 10.0. The van der Waals surface area contributed by atoms with Crippen LogP contribution in [0.2, 0.25) is 0 Å². The standard InChI is InChI=1S/C21H24N4O2/c1-14-19-17(16-9-5-4-6-10-16)13-18(22-20(19)24(3)23-14)27-15(2)21(26)25-11-7-8-12-25/h4-6,9-10,13,15H,7-8,11-12H2,1-3H3. The smallest absolute Gasteiger partial charge is 0.263 e. The number of aromatic nitrogens is 3. The van der Waals surface area contributed by atoms with E-state index in [1.807, 2.05) is 43.1 Å². The molecule has 1 unspecified atom stereocenters. The van der Waals surface area contributed by atoms with E-state index in [0.717, 1.165) is 53.8 Å². The summed E-state index contributed by atoms with van der Waals surface area (Å²) in [5.74, 6) is 0.473. The molecule has 6 heteroatoms. The highest BCUT2D eigenvalue weighted by atomic mass is 16.5. The minimum Gasteiger partial charge on any atom is -0.464 e. The van der Waals surface area contributed by atoms with Crippen LogP contribution in [0.15, 0.2) is 36.4 Å². The first-order chi connectivity index (χ1) is 13.0. The van der Waals surface area contributed by atoms with Crippen molar-refractivity contribution in [2.75, 3.05) is 13.1 Å². The van der Waals surface area contributed by atoms with Gasteiger partial charge in [-0.25, -0.2) is 0 Å². The topological polar surface area (TPSA) is 60.2 Å². The average molecular weight is 364 g/mol. The Bertz CT molecular complexity index is 975. The third kappa shape index (κ3) is 3.27. The van der Waals surface area contributed by atoms with Crippen molar-refractivity contribution >= 4 is 16.9 Å². The summed E-state index contributed by atoms with van der Waals surface area (Å²) in [6.45, 7) is 5.41. The number of amides is 1. The zero-order valence-electron chi connectivity index (χ0n) is 16.0. The Kier molecular flexibility index (Phi) is 4.56. The molecule has 1 fully saturated rings. The van der Waals surface area contributed by atoms with Gasteiger partial charge in [-0.3, -0.25) is 9.48 Å². The van der Waals surface area contributed by atoms with Gasteiger partial charge in [0.05, 0.1) is 11.1 Å². The fraction of sp³-hybridized carbons (Fsp3) is 0.381. The zero-order chi connectivity index (χ0) is 19.0. The quantitative estimate of drug-likeness (QED) is 0.712. The number of fused-ring (bicyclic) bond motifs is 1. The van der Waals surface area contributed by atoms with Gasteiger partial charge < -0.3 is 9.64 Å². The number of pyridine rings is 1. The van der Waals surface area contributed by atoms with Gasteiger partial charge in [-0.1, -0.05) is 30.3 Å². The number of rotatable bonds is 4. The van der Waals surface area contributed by atoms with E-state index < -0.39 is 6.10 Å².